The van der Waals surface area contributed by atoms with Gasteiger partial charge < -0.3 is 4.84 Å². The molecule has 0 aliphatic rings. The SMILES string of the molecule is CCCCCCC(C)ON=O.[NaH]. The van der Waals surface area contributed by atoms with E-state index in [-0.39, 0.29) is 35.7 Å². The Kier molecular flexibility index (Phi) is 14.2. The summed E-state index contributed by atoms with van der Waals surface area (Å²) in [5.41, 5.74) is 0. The van der Waals surface area contributed by atoms with Crippen molar-refractivity contribution in [1.29, 1.82) is 0 Å². The third kappa shape index (κ3) is 10.4. The third-order valence-electron chi connectivity index (χ3n) is 1.69. The zero-order valence-corrected chi connectivity index (χ0v) is 7.38. The van der Waals surface area contributed by atoms with Crippen LogP contribution in [0.5, 0.6) is 0 Å². The number of rotatable bonds is 7. The van der Waals surface area contributed by atoms with Gasteiger partial charge in [-0.3, -0.25) is 0 Å². The van der Waals surface area contributed by atoms with Crippen LogP contribution in [0.15, 0.2) is 5.34 Å². The van der Waals surface area contributed by atoms with Gasteiger partial charge in [-0.05, 0) is 19.8 Å². The molecule has 0 N–H and O–H groups in total. The minimum absolute atomic E-state index is 0. The van der Waals surface area contributed by atoms with E-state index in [9.17, 15) is 4.91 Å². The maximum absolute atomic E-state index is 9.63. The van der Waals surface area contributed by atoms with Crippen molar-refractivity contribution in [3.63, 3.8) is 0 Å². The van der Waals surface area contributed by atoms with E-state index < -0.39 is 0 Å². The van der Waals surface area contributed by atoms with Crippen molar-refractivity contribution in [2.75, 3.05) is 0 Å². The molecule has 1 atom stereocenters. The molecule has 0 aromatic rings. The summed E-state index contributed by atoms with van der Waals surface area (Å²) in [4.78, 5) is 14.1. The average Bonchev–Trinajstić information content (AvgIpc) is 1.99. The van der Waals surface area contributed by atoms with E-state index in [1.807, 2.05) is 6.92 Å². The van der Waals surface area contributed by atoms with Gasteiger partial charge in [-0.1, -0.05) is 26.2 Å². The first-order chi connectivity index (χ1) is 5.31. The Balaban J connectivity index is 0. The Labute approximate surface area is 96.5 Å². The molecule has 0 saturated carbocycles. The van der Waals surface area contributed by atoms with Gasteiger partial charge in [-0.25, -0.2) is 0 Å². The van der Waals surface area contributed by atoms with Crippen LogP contribution in [0.4, 0.5) is 0 Å². The van der Waals surface area contributed by atoms with Crippen LogP contribution in [0.25, 0.3) is 0 Å². The Morgan fingerprint density at radius 1 is 1.33 bits per heavy atom. The van der Waals surface area contributed by atoms with E-state index in [0.29, 0.717) is 0 Å². The van der Waals surface area contributed by atoms with Gasteiger partial charge in [0.05, 0.1) is 0 Å². The second kappa shape index (κ2) is 11.4. The molecule has 0 aliphatic carbocycles. The van der Waals surface area contributed by atoms with Crippen molar-refractivity contribution in [1.82, 2.24) is 0 Å². The summed E-state index contributed by atoms with van der Waals surface area (Å²) in [7, 11) is 0. The minimum atomic E-state index is -0.00986. The van der Waals surface area contributed by atoms with E-state index in [1.54, 1.807) is 0 Å². The number of hydrogen-bond donors (Lipinski definition) is 0. The van der Waals surface area contributed by atoms with Gasteiger partial charge in [0.1, 0.15) is 6.10 Å². The Bertz CT molecular complexity index is 101. The fourth-order valence-corrected chi connectivity index (χ4v) is 0.985. The molecule has 0 rings (SSSR count). The molecule has 12 heavy (non-hydrogen) atoms. The summed E-state index contributed by atoms with van der Waals surface area (Å²) < 4.78 is 0. The monoisotopic (exact) mass is 183 g/mol. The molecule has 0 spiro atoms. The van der Waals surface area contributed by atoms with Crippen LogP contribution >= 0.6 is 0 Å². The average molecular weight is 183 g/mol. The second-order valence-corrected chi connectivity index (χ2v) is 2.84. The van der Waals surface area contributed by atoms with Crippen LogP contribution in [-0.4, -0.2) is 35.7 Å². The molecule has 1 unspecified atom stereocenters. The van der Waals surface area contributed by atoms with E-state index >= 15 is 0 Å². The fraction of sp³-hybridized carbons (Fsp3) is 1.00. The van der Waals surface area contributed by atoms with Crippen molar-refractivity contribution in [3.8, 4) is 0 Å². The summed E-state index contributed by atoms with van der Waals surface area (Å²) in [5, 5.41) is 2.38. The van der Waals surface area contributed by atoms with Gasteiger partial charge in [-0.2, -0.15) is 0 Å². The second-order valence-electron chi connectivity index (χ2n) is 2.84. The summed E-state index contributed by atoms with van der Waals surface area (Å²) in [6, 6.07) is 0. The van der Waals surface area contributed by atoms with Gasteiger partial charge in [-0.15, -0.1) is 4.91 Å². The molecule has 4 heteroatoms. The van der Waals surface area contributed by atoms with Crippen LogP contribution in [0.3, 0.4) is 0 Å². The van der Waals surface area contributed by atoms with Crippen LogP contribution in [0.2, 0.25) is 0 Å². The van der Waals surface area contributed by atoms with Crippen molar-refractivity contribution in [2.24, 2.45) is 5.34 Å². The fourth-order valence-electron chi connectivity index (χ4n) is 0.985. The first kappa shape index (κ1) is 14.9. The van der Waals surface area contributed by atoms with Gasteiger partial charge in [0.25, 0.3) is 0 Å². The van der Waals surface area contributed by atoms with Gasteiger partial charge in [0.15, 0.2) is 5.34 Å². The van der Waals surface area contributed by atoms with Crippen molar-refractivity contribution >= 4 is 29.6 Å². The van der Waals surface area contributed by atoms with E-state index in [4.69, 9.17) is 0 Å². The van der Waals surface area contributed by atoms with Crippen LogP contribution in [0.1, 0.15) is 46.0 Å². The first-order valence-electron chi connectivity index (χ1n) is 4.29. The van der Waals surface area contributed by atoms with Gasteiger partial charge in [0.2, 0.25) is 0 Å². The number of nitrogens with zero attached hydrogens (tertiary/aromatic N) is 1. The molecule has 0 heterocycles. The predicted octanol–water partition coefficient (Wildman–Crippen LogP) is 2.39. The Morgan fingerprint density at radius 2 is 2.00 bits per heavy atom. The molecule has 0 aromatic heterocycles. The summed E-state index contributed by atoms with van der Waals surface area (Å²) in [6.07, 6.45) is 5.78. The summed E-state index contributed by atoms with van der Waals surface area (Å²) in [5.74, 6) is 0. The molecule has 0 bridgehead atoms. The van der Waals surface area contributed by atoms with Crippen LogP contribution in [-0.2, 0) is 4.84 Å². The molecule has 0 aromatic carbocycles. The molecular formula is C8H18NNaO2. The standard InChI is InChI=1S/C8H17NO2.Na.H/c1-3-4-5-6-7-8(2)11-9-10;;/h8H,3-7H2,1-2H3;;. The van der Waals surface area contributed by atoms with Crippen molar-refractivity contribution < 1.29 is 4.84 Å². The molecule has 0 radical (unpaired) electrons. The molecule has 0 amide bonds. The van der Waals surface area contributed by atoms with Gasteiger partial charge in [0, 0.05) is 0 Å². The third-order valence-corrected chi connectivity index (χ3v) is 1.69. The molecular weight excluding hydrogens is 165 g/mol. The molecule has 0 saturated heterocycles. The van der Waals surface area contributed by atoms with E-state index in [1.165, 1.54) is 19.3 Å². The first-order valence-corrected chi connectivity index (χ1v) is 4.29. The number of hydrogen-bond acceptors (Lipinski definition) is 3. The molecule has 68 valence electrons. The predicted molar refractivity (Wildman–Crippen MR) is 52.3 cm³/mol. The Morgan fingerprint density at radius 3 is 2.50 bits per heavy atom. The maximum atomic E-state index is 9.63. The normalized spacial score (nSPS) is 11.5. The summed E-state index contributed by atoms with van der Waals surface area (Å²) in [6.45, 7) is 4.04. The zero-order chi connectivity index (χ0) is 8.53. The van der Waals surface area contributed by atoms with E-state index in [2.05, 4.69) is 17.1 Å². The van der Waals surface area contributed by atoms with Crippen molar-refractivity contribution in [3.05, 3.63) is 4.91 Å². The van der Waals surface area contributed by atoms with Gasteiger partial charge >= 0.3 is 29.6 Å². The summed E-state index contributed by atoms with van der Waals surface area (Å²) >= 11 is 0. The molecule has 0 aliphatic heterocycles. The topological polar surface area (TPSA) is 38.7 Å². The number of unbranched alkanes of at least 4 members (excludes halogenated alkanes) is 3. The van der Waals surface area contributed by atoms with Crippen molar-refractivity contribution in [2.45, 2.75) is 52.1 Å². The van der Waals surface area contributed by atoms with Crippen LogP contribution in [0, 0.1) is 4.91 Å². The zero-order valence-electron chi connectivity index (χ0n) is 7.38. The van der Waals surface area contributed by atoms with Crippen LogP contribution < -0.4 is 0 Å². The van der Waals surface area contributed by atoms with E-state index in [0.717, 1.165) is 12.8 Å². The molecule has 3 nitrogen and oxygen atoms in total. The Hall–Kier alpha value is 0.400. The molecule has 0 fully saturated rings. The quantitative estimate of drug-likeness (QED) is 0.263.